The molecule has 2 aromatic carbocycles. The van der Waals surface area contributed by atoms with E-state index < -0.39 is 29.4 Å². The fourth-order valence-electron chi connectivity index (χ4n) is 2.71. The van der Waals surface area contributed by atoms with Crippen LogP contribution >= 0.6 is 0 Å². The van der Waals surface area contributed by atoms with Crippen LogP contribution < -0.4 is 5.32 Å². The van der Waals surface area contributed by atoms with Crippen molar-refractivity contribution in [2.24, 2.45) is 0 Å². The zero-order chi connectivity index (χ0) is 19.0. The Hall–Kier alpha value is -3.68. The number of carboxylic acids is 1. The molecule has 0 radical (unpaired) electrons. The first kappa shape index (κ1) is 17.2. The first-order valence-corrected chi connectivity index (χ1v) is 7.71. The molecular weight excluding hydrogens is 340 g/mol. The van der Waals surface area contributed by atoms with Crippen LogP contribution in [0.4, 0.5) is 5.69 Å². The van der Waals surface area contributed by atoms with Gasteiger partial charge in [0.1, 0.15) is 11.3 Å². The number of carbonyl (C=O) groups excluding carboxylic acids is 3. The molecule has 0 saturated heterocycles. The molecule has 2 aromatic rings. The first-order chi connectivity index (χ1) is 12.3. The minimum Gasteiger partial charge on any atom is -0.507 e. The lowest BCUT2D eigenvalue weighted by Gasteiger charge is -2.09. The number of nitrogens with one attached hydrogen (secondary N) is 1. The molecule has 0 saturated carbocycles. The van der Waals surface area contributed by atoms with Crippen LogP contribution in [0.3, 0.4) is 0 Å². The Morgan fingerprint density at radius 1 is 1.04 bits per heavy atom. The third-order valence-electron chi connectivity index (χ3n) is 4.04. The number of hydrogen-bond acceptors (Lipinski definition) is 5. The molecule has 0 aromatic heterocycles. The van der Waals surface area contributed by atoms with Crippen molar-refractivity contribution in [3.63, 3.8) is 0 Å². The van der Waals surface area contributed by atoms with E-state index in [0.29, 0.717) is 0 Å². The number of aromatic hydroxyl groups is 1. The average Bonchev–Trinajstić information content (AvgIpc) is 2.84. The molecule has 0 atom stereocenters. The lowest BCUT2D eigenvalue weighted by molar-refractivity contribution is 0.0658. The molecule has 3 N–H and O–H groups in total. The number of phenols is 1. The fourth-order valence-corrected chi connectivity index (χ4v) is 2.71. The number of amides is 3. The van der Waals surface area contributed by atoms with Gasteiger partial charge in [-0.05, 0) is 37.3 Å². The van der Waals surface area contributed by atoms with E-state index in [1.807, 2.05) is 0 Å². The summed E-state index contributed by atoms with van der Waals surface area (Å²) in [6.07, 6.45) is 0. The molecule has 132 valence electrons. The first-order valence-electron chi connectivity index (χ1n) is 7.71. The maximum absolute atomic E-state index is 12.4. The molecule has 26 heavy (non-hydrogen) atoms. The Morgan fingerprint density at radius 2 is 1.73 bits per heavy atom. The summed E-state index contributed by atoms with van der Waals surface area (Å²) in [6, 6.07) is 7.79. The number of aromatic carboxylic acids is 1. The van der Waals surface area contributed by atoms with E-state index in [0.717, 1.165) is 17.0 Å². The SMILES string of the molecule is CCN1C(=O)c2ccc(C(=O)Nc3ccc(C(=O)O)c(O)c3)cc2C1=O. The highest BCUT2D eigenvalue weighted by molar-refractivity contribution is 6.22. The smallest absolute Gasteiger partial charge is 0.339 e. The van der Waals surface area contributed by atoms with Crippen LogP contribution in [-0.4, -0.2) is 45.3 Å². The Morgan fingerprint density at radius 3 is 2.35 bits per heavy atom. The van der Waals surface area contributed by atoms with Gasteiger partial charge in [-0.2, -0.15) is 0 Å². The van der Waals surface area contributed by atoms with Gasteiger partial charge in [-0.25, -0.2) is 4.79 Å². The number of benzene rings is 2. The number of hydrogen-bond donors (Lipinski definition) is 3. The summed E-state index contributed by atoms with van der Waals surface area (Å²) in [5, 5.41) is 21.1. The topological polar surface area (TPSA) is 124 Å². The van der Waals surface area contributed by atoms with E-state index in [1.165, 1.54) is 24.3 Å². The standard InChI is InChI=1S/C18H14N2O6/c1-2-20-16(23)11-5-3-9(7-13(11)17(20)24)15(22)19-10-4-6-12(18(25)26)14(21)8-10/h3-8,21H,2H2,1H3,(H,19,22)(H,25,26). The van der Waals surface area contributed by atoms with Gasteiger partial charge < -0.3 is 15.5 Å². The van der Waals surface area contributed by atoms with Crippen LogP contribution in [0.25, 0.3) is 0 Å². The zero-order valence-corrected chi connectivity index (χ0v) is 13.6. The van der Waals surface area contributed by atoms with Crippen molar-refractivity contribution in [1.29, 1.82) is 0 Å². The maximum atomic E-state index is 12.4. The van der Waals surface area contributed by atoms with Crippen LogP contribution in [0.1, 0.15) is 48.4 Å². The minimum absolute atomic E-state index is 0.157. The van der Waals surface area contributed by atoms with Crippen LogP contribution in [0.5, 0.6) is 5.75 Å². The number of imide groups is 1. The van der Waals surface area contributed by atoms with Gasteiger partial charge >= 0.3 is 5.97 Å². The summed E-state index contributed by atoms with van der Waals surface area (Å²) in [4.78, 5) is 48.6. The molecule has 8 nitrogen and oxygen atoms in total. The monoisotopic (exact) mass is 354 g/mol. The summed E-state index contributed by atoms with van der Waals surface area (Å²) in [5.41, 5.74) is 0.468. The molecule has 1 heterocycles. The van der Waals surface area contributed by atoms with Crippen LogP contribution in [-0.2, 0) is 0 Å². The highest BCUT2D eigenvalue weighted by atomic mass is 16.4. The van der Waals surface area contributed by atoms with E-state index in [-0.39, 0.29) is 34.5 Å². The summed E-state index contributed by atoms with van der Waals surface area (Å²) < 4.78 is 0. The van der Waals surface area contributed by atoms with Crippen molar-refractivity contribution in [1.82, 2.24) is 4.90 Å². The van der Waals surface area contributed by atoms with Crippen LogP contribution in [0.15, 0.2) is 36.4 Å². The highest BCUT2D eigenvalue weighted by Crippen LogP contribution is 2.25. The quantitative estimate of drug-likeness (QED) is 0.721. The summed E-state index contributed by atoms with van der Waals surface area (Å²) in [6.45, 7) is 1.92. The lowest BCUT2D eigenvalue weighted by Crippen LogP contribution is -2.29. The molecule has 1 aliphatic rings. The average molecular weight is 354 g/mol. The van der Waals surface area contributed by atoms with Gasteiger partial charge in [0.05, 0.1) is 11.1 Å². The van der Waals surface area contributed by atoms with Crippen molar-refractivity contribution in [2.45, 2.75) is 6.92 Å². The zero-order valence-electron chi connectivity index (χ0n) is 13.6. The maximum Gasteiger partial charge on any atom is 0.339 e. The van der Waals surface area contributed by atoms with E-state index in [4.69, 9.17) is 5.11 Å². The number of anilines is 1. The Labute approximate surface area is 147 Å². The van der Waals surface area contributed by atoms with Gasteiger partial charge in [-0.15, -0.1) is 0 Å². The molecule has 3 rings (SSSR count). The van der Waals surface area contributed by atoms with Gasteiger partial charge in [-0.1, -0.05) is 0 Å². The Balaban J connectivity index is 1.85. The molecule has 1 aliphatic heterocycles. The van der Waals surface area contributed by atoms with Crippen LogP contribution in [0, 0.1) is 0 Å². The molecule has 0 aliphatic carbocycles. The number of carboxylic acid groups (broad SMARTS) is 1. The predicted molar refractivity (Wildman–Crippen MR) is 90.5 cm³/mol. The fraction of sp³-hybridized carbons (Fsp3) is 0.111. The third-order valence-corrected chi connectivity index (χ3v) is 4.04. The van der Waals surface area contributed by atoms with Gasteiger partial charge in [0.25, 0.3) is 17.7 Å². The summed E-state index contributed by atoms with van der Waals surface area (Å²) in [7, 11) is 0. The second kappa shape index (κ2) is 6.32. The van der Waals surface area contributed by atoms with Crippen LogP contribution in [0.2, 0.25) is 0 Å². The highest BCUT2D eigenvalue weighted by Gasteiger charge is 2.34. The molecule has 8 heteroatoms. The molecule has 0 spiro atoms. The lowest BCUT2D eigenvalue weighted by atomic mass is 10.1. The Kier molecular flexibility index (Phi) is 4.17. The number of rotatable bonds is 4. The van der Waals surface area contributed by atoms with Crippen molar-refractivity contribution >= 4 is 29.4 Å². The van der Waals surface area contributed by atoms with Crippen molar-refractivity contribution in [3.05, 3.63) is 58.7 Å². The van der Waals surface area contributed by atoms with Gasteiger partial charge in [0.2, 0.25) is 0 Å². The van der Waals surface area contributed by atoms with Gasteiger partial charge in [-0.3, -0.25) is 19.3 Å². The number of nitrogens with zero attached hydrogens (tertiary/aromatic N) is 1. The summed E-state index contributed by atoms with van der Waals surface area (Å²) >= 11 is 0. The molecule has 0 bridgehead atoms. The second-order valence-corrected chi connectivity index (χ2v) is 5.61. The third kappa shape index (κ3) is 2.77. The number of fused-ring (bicyclic) bond motifs is 1. The minimum atomic E-state index is -1.29. The largest absolute Gasteiger partial charge is 0.507 e. The summed E-state index contributed by atoms with van der Waals surface area (Å²) in [5.74, 6) is -3.18. The van der Waals surface area contributed by atoms with E-state index in [2.05, 4.69) is 5.32 Å². The normalized spacial score (nSPS) is 12.9. The van der Waals surface area contributed by atoms with Crippen molar-refractivity contribution in [2.75, 3.05) is 11.9 Å². The molecule has 0 unspecified atom stereocenters. The second-order valence-electron chi connectivity index (χ2n) is 5.61. The number of carbonyl (C=O) groups is 4. The Bertz CT molecular complexity index is 966. The van der Waals surface area contributed by atoms with Gasteiger partial charge in [0, 0.05) is 23.9 Å². The van der Waals surface area contributed by atoms with E-state index >= 15 is 0 Å². The molecule has 3 amide bonds. The van der Waals surface area contributed by atoms with E-state index in [9.17, 15) is 24.3 Å². The molecular formula is C18H14N2O6. The van der Waals surface area contributed by atoms with Crippen molar-refractivity contribution < 1.29 is 29.4 Å². The van der Waals surface area contributed by atoms with Crippen molar-refractivity contribution in [3.8, 4) is 5.75 Å². The van der Waals surface area contributed by atoms with E-state index in [1.54, 1.807) is 6.92 Å². The molecule has 0 fully saturated rings. The van der Waals surface area contributed by atoms with Gasteiger partial charge in [0.15, 0.2) is 0 Å². The predicted octanol–water partition coefficient (Wildman–Crippen LogP) is 1.96.